The molecule has 4 nitrogen and oxygen atoms in total. The lowest BCUT2D eigenvalue weighted by Crippen LogP contribution is -2.43. The molecule has 1 amide bonds. The third-order valence-electron chi connectivity index (χ3n) is 3.08. The Bertz CT molecular complexity index is 635. The molecule has 0 aromatic heterocycles. The van der Waals surface area contributed by atoms with Gasteiger partial charge in [0.15, 0.2) is 9.84 Å². The molecule has 0 unspecified atom stereocenters. The van der Waals surface area contributed by atoms with E-state index in [0.717, 1.165) is 4.47 Å². The Morgan fingerprint density at radius 2 is 1.90 bits per heavy atom. The molecule has 108 valence electrons. The monoisotopic (exact) mass is 357 g/mol. The summed E-state index contributed by atoms with van der Waals surface area (Å²) in [5, 5.41) is 1.19. The molecule has 0 aliphatic carbocycles. The van der Waals surface area contributed by atoms with Crippen LogP contribution in [-0.2, 0) is 14.6 Å². The smallest absolute Gasteiger partial charge is 0.230 e. The van der Waals surface area contributed by atoms with Crippen LogP contribution in [0.25, 0.3) is 0 Å². The number of carbonyl (C=O) groups is 1. The fourth-order valence-electron chi connectivity index (χ4n) is 2.08. The molecule has 0 spiro atoms. The number of sulfone groups is 1. The molecule has 6 heteroatoms. The lowest BCUT2D eigenvalue weighted by atomic mass is 10.1. The van der Waals surface area contributed by atoms with E-state index >= 15 is 0 Å². The number of rotatable bonds is 3. The van der Waals surface area contributed by atoms with Crippen molar-refractivity contribution in [3.63, 3.8) is 0 Å². The second-order valence-corrected chi connectivity index (χ2v) is 7.91. The van der Waals surface area contributed by atoms with Crippen molar-refractivity contribution < 1.29 is 13.2 Å². The predicted octanol–water partition coefficient (Wildman–Crippen LogP) is 2.75. The molecule has 0 saturated heterocycles. The van der Waals surface area contributed by atoms with Crippen LogP contribution in [0.2, 0.25) is 0 Å². The minimum Gasteiger partial charge on any atom is -0.304 e. The van der Waals surface area contributed by atoms with Gasteiger partial charge in [-0.1, -0.05) is 29.8 Å². The van der Waals surface area contributed by atoms with Gasteiger partial charge >= 0.3 is 0 Å². The predicted molar refractivity (Wildman–Crippen MR) is 83.2 cm³/mol. The van der Waals surface area contributed by atoms with Gasteiger partial charge in [-0.25, -0.2) is 8.42 Å². The zero-order valence-corrected chi connectivity index (χ0v) is 13.7. The third kappa shape index (κ3) is 3.30. The number of nitrogens with zero attached hydrogens (tertiary/aromatic N) is 1. The maximum Gasteiger partial charge on any atom is 0.230 e. The van der Waals surface area contributed by atoms with E-state index in [0.29, 0.717) is 5.69 Å². The summed E-state index contributed by atoms with van der Waals surface area (Å²) in [6.45, 7) is 3.61. The first-order valence-corrected chi connectivity index (χ1v) is 8.80. The van der Waals surface area contributed by atoms with E-state index in [4.69, 9.17) is 0 Å². The van der Waals surface area contributed by atoms with Gasteiger partial charge < -0.3 is 4.90 Å². The molecule has 1 aromatic carbocycles. The molecule has 1 aliphatic rings. The first-order valence-electron chi connectivity index (χ1n) is 6.30. The minimum absolute atomic E-state index is 0.0540. The zero-order valence-electron chi connectivity index (χ0n) is 11.3. The van der Waals surface area contributed by atoms with Crippen molar-refractivity contribution in [3.8, 4) is 0 Å². The van der Waals surface area contributed by atoms with Gasteiger partial charge in [-0.05, 0) is 30.3 Å². The number of amides is 1. The van der Waals surface area contributed by atoms with Crippen LogP contribution in [0.15, 0.2) is 40.2 Å². The Labute approximate surface area is 127 Å². The number of anilines is 1. The van der Waals surface area contributed by atoms with Crippen molar-refractivity contribution in [2.24, 2.45) is 5.92 Å². The van der Waals surface area contributed by atoms with Crippen molar-refractivity contribution in [3.05, 3.63) is 40.2 Å². The lowest BCUT2D eigenvalue weighted by molar-refractivity contribution is -0.121. The highest BCUT2D eigenvalue weighted by Gasteiger charge is 2.32. The summed E-state index contributed by atoms with van der Waals surface area (Å²) in [7, 11) is -3.20. The van der Waals surface area contributed by atoms with Crippen LogP contribution in [0.5, 0.6) is 0 Å². The van der Waals surface area contributed by atoms with Gasteiger partial charge in [0.05, 0.1) is 11.8 Å². The van der Waals surface area contributed by atoms with Crippen molar-refractivity contribution in [2.45, 2.75) is 19.9 Å². The SMILES string of the molecule is CC(C)C(=O)N(c1ccc(Br)cc1)[C@@H]1C=CS(=O)(=O)C1. The second kappa shape index (κ2) is 5.69. The molecule has 2 rings (SSSR count). The lowest BCUT2D eigenvalue weighted by Gasteiger charge is -2.29. The zero-order chi connectivity index (χ0) is 14.9. The summed E-state index contributed by atoms with van der Waals surface area (Å²) >= 11 is 3.35. The Morgan fingerprint density at radius 1 is 1.30 bits per heavy atom. The van der Waals surface area contributed by atoms with Crippen LogP contribution >= 0.6 is 15.9 Å². The van der Waals surface area contributed by atoms with E-state index in [1.165, 1.54) is 5.41 Å². The van der Waals surface area contributed by atoms with Crippen LogP contribution < -0.4 is 4.90 Å². The van der Waals surface area contributed by atoms with Crippen LogP contribution in [0.1, 0.15) is 13.8 Å². The van der Waals surface area contributed by atoms with E-state index in [1.54, 1.807) is 24.8 Å². The molecule has 0 radical (unpaired) electrons. The summed E-state index contributed by atoms with van der Waals surface area (Å²) < 4.78 is 24.1. The molecule has 1 aromatic rings. The highest BCUT2D eigenvalue weighted by molar-refractivity contribution is 9.10. The molecule has 1 aliphatic heterocycles. The highest BCUT2D eigenvalue weighted by atomic mass is 79.9. The topological polar surface area (TPSA) is 54.5 Å². The standard InChI is InChI=1S/C14H16BrNO3S/c1-10(2)14(17)16(12-5-3-11(15)4-6-12)13-7-8-20(18,19)9-13/h3-8,10,13H,9H2,1-2H3/t13-/m1/s1. The number of hydrogen-bond donors (Lipinski definition) is 0. The molecule has 1 heterocycles. The molecule has 20 heavy (non-hydrogen) atoms. The average Bonchev–Trinajstić information content (AvgIpc) is 2.72. The third-order valence-corrected chi connectivity index (χ3v) is 4.99. The fraction of sp³-hybridized carbons (Fsp3) is 0.357. The normalized spacial score (nSPS) is 20.3. The van der Waals surface area contributed by atoms with Crippen LogP contribution in [0.3, 0.4) is 0 Å². The van der Waals surface area contributed by atoms with Crippen molar-refractivity contribution in [1.29, 1.82) is 0 Å². The fourth-order valence-corrected chi connectivity index (χ4v) is 3.61. The summed E-state index contributed by atoms with van der Waals surface area (Å²) in [6.07, 6.45) is 1.58. The van der Waals surface area contributed by atoms with Crippen molar-refractivity contribution >= 4 is 37.4 Å². The molecular weight excluding hydrogens is 342 g/mol. The number of benzene rings is 1. The molecule has 0 fully saturated rings. The molecule has 1 atom stereocenters. The van der Waals surface area contributed by atoms with Gasteiger partial charge in [-0.2, -0.15) is 0 Å². The molecular formula is C14H16BrNO3S. The van der Waals surface area contributed by atoms with Gasteiger partial charge in [-0.15, -0.1) is 0 Å². The maximum absolute atomic E-state index is 12.4. The summed E-state index contributed by atoms with van der Waals surface area (Å²) in [6, 6.07) is 6.86. The van der Waals surface area contributed by atoms with Crippen molar-refractivity contribution in [2.75, 3.05) is 10.7 Å². The van der Waals surface area contributed by atoms with Gasteiger partial charge in [-0.3, -0.25) is 4.79 Å². The van der Waals surface area contributed by atoms with E-state index in [1.807, 2.05) is 24.3 Å². The number of hydrogen-bond acceptors (Lipinski definition) is 3. The van der Waals surface area contributed by atoms with E-state index in [9.17, 15) is 13.2 Å². The van der Waals surface area contributed by atoms with Crippen LogP contribution in [0.4, 0.5) is 5.69 Å². The largest absolute Gasteiger partial charge is 0.304 e. The average molecular weight is 358 g/mol. The van der Waals surface area contributed by atoms with E-state index < -0.39 is 15.9 Å². The minimum atomic E-state index is -3.20. The van der Waals surface area contributed by atoms with E-state index in [2.05, 4.69) is 15.9 Å². The first kappa shape index (κ1) is 15.3. The quantitative estimate of drug-likeness (QED) is 0.835. The maximum atomic E-state index is 12.4. The Kier molecular flexibility index (Phi) is 4.34. The van der Waals surface area contributed by atoms with Crippen molar-refractivity contribution in [1.82, 2.24) is 0 Å². The second-order valence-electron chi connectivity index (χ2n) is 5.06. The number of carbonyl (C=O) groups excluding carboxylic acids is 1. The highest BCUT2D eigenvalue weighted by Crippen LogP contribution is 2.26. The summed E-state index contributed by atoms with van der Waals surface area (Å²) in [5.74, 6) is -0.337. The Balaban J connectivity index is 2.38. The van der Waals surface area contributed by atoms with Gasteiger partial charge in [0.25, 0.3) is 0 Å². The summed E-state index contributed by atoms with van der Waals surface area (Å²) in [4.78, 5) is 14.0. The Hall–Kier alpha value is -1.14. The molecule has 0 bridgehead atoms. The van der Waals surface area contributed by atoms with E-state index in [-0.39, 0.29) is 17.6 Å². The van der Waals surface area contributed by atoms with Gasteiger partial charge in [0, 0.05) is 21.5 Å². The van der Waals surface area contributed by atoms with Gasteiger partial charge in [0.1, 0.15) is 0 Å². The first-order chi connectivity index (χ1) is 9.30. The summed E-state index contributed by atoms with van der Waals surface area (Å²) in [5.41, 5.74) is 0.707. The van der Waals surface area contributed by atoms with Crippen LogP contribution in [-0.4, -0.2) is 26.1 Å². The number of halogens is 1. The molecule has 0 N–H and O–H groups in total. The van der Waals surface area contributed by atoms with Crippen LogP contribution in [0, 0.1) is 5.92 Å². The van der Waals surface area contributed by atoms with Gasteiger partial charge in [0.2, 0.25) is 5.91 Å². The Morgan fingerprint density at radius 3 is 2.35 bits per heavy atom. The molecule has 0 saturated carbocycles.